The Morgan fingerprint density at radius 1 is 0.413 bits per heavy atom. The molecule has 13 aromatic rings. The summed E-state index contributed by atoms with van der Waals surface area (Å²) >= 11 is 1.67. The van der Waals surface area contributed by atoms with Gasteiger partial charge in [0, 0.05) is 69.7 Å². The molecule has 4 aromatic heterocycles. The molecule has 63 heavy (non-hydrogen) atoms. The van der Waals surface area contributed by atoms with Crippen LogP contribution < -0.4 is 0 Å². The number of fused-ring (bicyclic) bond motifs is 9. The molecule has 0 aliphatic carbocycles. The van der Waals surface area contributed by atoms with Crippen molar-refractivity contribution in [2.45, 2.75) is 0 Å². The van der Waals surface area contributed by atoms with E-state index in [-0.39, 0.29) is 41.1 Å². The number of furan rings is 1. The van der Waals surface area contributed by atoms with Gasteiger partial charge in [-0.15, -0.1) is 11.3 Å². The largest absolute Gasteiger partial charge is 0.455 e. The zero-order chi connectivity index (χ0) is 44.9. The van der Waals surface area contributed by atoms with Gasteiger partial charge in [-0.2, -0.15) is 0 Å². The third-order valence-electron chi connectivity index (χ3n) is 11.9. The molecule has 0 amide bonds. The number of aromatic nitrogens is 4. The average molecular weight is 827 g/mol. The summed E-state index contributed by atoms with van der Waals surface area (Å²) in [4.78, 5) is 15.3. The highest BCUT2D eigenvalue weighted by Crippen LogP contribution is 2.44. The Bertz CT molecular complexity index is 4080. The first kappa shape index (κ1) is 31.7. The van der Waals surface area contributed by atoms with Crippen LogP contribution in [0.5, 0.6) is 0 Å². The minimum absolute atomic E-state index is 0.0185. The van der Waals surface area contributed by atoms with Crippen molar-refractivity contribution in [1.82, 2.24) is 19.5 Å². The Balaban J connectivity index is 1.08. The van der Waals surface area contributed by atoms with E-state index in [1.165, 1.54) is 0 Å². The molecular weight excluding hydrogens is 789 g/mol. The van der Waals surface area contributed by atoms with Crippen molar-refractivity contribution in [2.24, 2.45) is 0 Å². The second-order valence-electron chi connectivity index (χ2n) is 15.6. The summed E-state index contributed by atoms with van der Waals surface area (Å²) in [5, 5.41) is 6.14. The van der Waals surface area contributed by atoms with Gasteiger partial charge in [0.05, 0.1) is 16.5 Å². The molecule has 0 N–H and O–H groups in total. The molecule has 5 nitrogen and oxygen atoms in total. The van der Waals surface area contributed by atoms with Crippen molar-refractivity contribution in [3.05, 3.63) is 206 Å². The fourth-order valence-electron chi connectivity index (χ4n) is 9.00. The van der Waals surface area contributed by atoms with E-state index in [4.69, 9.17) is 19.4 Å². The number of thiophene rings is 1. The summed E-state index contributed by atoms with van der Waals surface area (Å²) in [5.74, 6) is 0.730. The zero-order valence-electron chi connectivity index (χ0n) is 37.4. The van der Waals surface area contributed by atoms with Gasteiger partial charge in [0.2, 0.25) is 0 Å². The smallest absolute Gasteiger partial charge is 0.165 e. The number of nitrogens with zero attached hydrogens (tertiary/aromatic N) is 4. The second-order valence-corrected chi connectivity index (χ2v) is 16.7. The van der Waals surface area contributed by atoms with Crippen molar-refractivity contribution in [3.63, 3.8) is 0 Å². The minimum atomic E-state index is -0.264. The Morgan fingerprint density at radius 2 is 1.02 bits per heavy atom. The van der Waals surface area contributed by atoms with Crippen LogP contribution in [-0.2, 0) is 0 Å². The summed E-state index contributed by atoms with van der Waals surface area (Å²) in [7, 11) is 0. The first-order chi connectivity index (χ1) is 32.9. The highest BCUT2D eigenvalue weighted by atomic mass is 32.1. The van der Waals surface area contributed by atoms with Gasteiger partial charge in [0.1, 0.15) is 11.2 Å². The van der Waals surface area contributed by atoms with Gasteiger partial charge < -0.3 is 8.98 Å². The van der Waals surface area contributed by atoms with Gasteiger partial charge in [0.15, 0.2) is 17.5 Å². The summed E-state index contributed by atoms with van der Waals surface area (Å²) in [6.07, 6.45) is 0. The maximum atomic E-state index is 9.58. The van der Waals surface area contributed by atoms with Gasteiger partial charge in [0.25, 0.3) is 0 Å². The second kappa shape index (κ2) is 14.2. The fraction of sp³-hybridized carbons (Fsp3) is 0. The molecule has 0 atom stereocenters. The van der Waals surface area contributed by atoms with Gasteiger partial charge in [-0.3, -0.25) is 0 Å². The van der Waals surface area contributed by atoms with Crippen LogP contribution in [0.2, 0.25) is 0 Å². The molecule has 0 fully saturated rings. The molecule has 0 spiro atoms. The summed E-state index contributed by atoms with van der Waals surface area (Å²) < 4.78 is 48.8. The van der Waals surface area contributed by atoms with E-state index < -0.39 is 0 Å². The van der Waals surface area contributed by atoms with E-state index in [9.17, 15) is 5.48 Å². The molecule has 0 saturated heterocycles. The van der Waals surface area contributed by atoms with Gasteiger partial charge in [-0.05, 0) is 53.1 Å². The number of para-hydroxylation sites is 4. The Hall–Kier alpha value is -8.19. The quantitative estimate of drug-likeness (QED) is 0.168. The Labute approximate surface area is 371 Å². The zero-order valence-corrected chi connectivity index (χ0v) is 34.2. The SMILES string of the molecule is [2H]c1c([2H])c(-c2cccc3c2oc2ccccc23)c([2H])c([2H])c1-c1nc(-c2ccccc2)nc(-c2cc(-n3c4ccccc4c4ccccc43)cc3c2sc2cc(-c4ccccc4)ccc23)n1. The van der Waals surface area contributed by atoms with Crippen LogP contribution in [0.1, 0.15) is 5.48 Å². The molecule has 0 bridgehead atoms. The first-order valence-corrected chi connectivity index (χ1v) is 21.6. The lowest BCUT2D eigenvalue weighted by molar-refractivity contribution is 0.670. The molecular formula is C57H34N4OS. The van der Waals surface area contributed by atoms with Crippen LogP contribution >= 0.6 is 11.3 Å². The van der Waals surface area contributed by atoms with Gasteiger partial charge in [-0.1, -0.05) is 170 Å². The number of hydrogen-bond acceptors (Lipinski definition) is 5. The van der Waals surface area contributed by atoms with E-state index in [1.807, 2.05) is 72.8 Å². The lowest BCUT2D eigenvalue weighted by Crippen LogP contribution is -2.01. The average Bonchev–Trinajstić information content (AvgIpc) is 4.06. The molecule has 0 aliphatic heterocycles. The lowest BCUT2D eigenvalue weighted by atomic mass is 10.0. The lowest BCUT2D eigenvalue weighted by Gasteiger charge is -2.13. The molecule has 6 heteroatoms. The molecule has 4 heterocycles. The number of benzene rings is 9. The van der Waals surface area contributed by atoms with Gasteiger partial charge in [-0.25, -0.2) is 15.0 Å². The molecule has 0 aliphatic rings. The highest BCUT2D eigenvalue weighted by Gasteiger charge is 2.21. The van der Waals surface area contributed by atoms with Crippen molar-refractivity contribution in [1.29, 1.82) is 0 Å². The third kappa shape index (κ3) is 5.80. The van der Waals surface area contributed by atoms with Crippen LogP contribution in [0.4, 0.5) is 0 Å². The molecule has 9 aromatic carbocycles. The van der Waals surface area contributed by atoms with E-state index >= 15 is 0 Å². The molecule has 13 rings (SSSR count). The Morgan fingerprint density at radius 3 is 1.76 bits per heavy atom. The number of rotatable bonds is 6. The molecule has 0 unspecified atom stereocenters. The highest BCUT2D eigenvalue weighted by molar-refractivity contribution is 7.26. The van der Waals surface area contributed by atoms with Crippen molar-refractivity contribution in [2.75, 3.05) is 0 Å². The molecule has 0 saturated carbocycles. The van der Waals surface area contributed by atoms with Crippen LogP contribution in [0, 0.1) is 0 Å². The third-order valence-corrected chi connectivity index (χ3v) is 13.1. The van der Waals surface area contributed by atoms with E-state index in [0.29, 0.717) is 28.4 Å². The normalized spacial score (nSPS) is 12.7. The summed E-state index contributed by atoms with van der Waals surface area (Å²) in [6, 6.07) is 60.1. The maximum absolute atomic E-state index is 9.58. The minimum Gasteiger partial charge on any atom is -0.455 e. The van der Waals surface area contributed by atoms with Crippen LogP contribution in [0.25, 0.3) is 126 Å². The van der Waals surface area contributed by atoms with Crippen LogP contribution in [0.15, 0.2) is 211 Å². The molecule has 0 radical (unpaired) electrons. The van der Waals surface area contributed by atoms with Crippen LogP contribution in [0.3, 0.4) is 0 Å². The predicted molar refractivity (Wildman–Crippen MR) is 262 cm³/mol. The topological polar surface area (TPSA) is 56.7 Å². The predicted octanol–water partition coefficient (Wildman–Crippen LogP) is 15.6. The van der Waals surface area contributed by atoms with Crippen molar-refractivity contribution < 1.29 is 9.90 Å². The standard InChI is InChI=1S/C57H34N4OS/c1-3-14-35(15-4-1)39-30-31-45-47-33-40(61-49-23-10-7-18-42(49)43-19-8-11-24-50(43)61)34-48(54(47)63-52(45)32-39)57-59-55(37-16-5-2-6-17-37)58-56(60-57)38-28-26-36(27-29-38)41-21-13-22-46-44-20-9-12-25-51(44)62-53(41)46/h1-34H/i26D,27D,28D,29D. The first-order valence-electron chi connectivity index (χ1n) is 22.8. The molecule has 294 valence electrons. The van der Waals surface area contributed by atoms with Crippen LogP contribution in [-0.4, -0.2) is 19.5 Å². The van der Waals surface area contributed by atoms with Gasteiger partial charge >= 0.3 is 0 Å². The fourth-order valence-corrected chi connectivity index (χ4v) is 10.2. The summed E-state index contributed by atoms with van der Waals surface area (Å²) in [6.45, 7) is 0. The number of hydrogen-bond donors (Lipinski definition) is 0. The monoisotopic (exact) mass is 826 g/mol. The van der Waals surface area contributed by atoms with E-state index in [0.717, 1.165) is 80.7 Å². The summed E-state index contributed by atoms with van der Waals surface area (Å²) in [5.41, 5.74) is 8.51. The van der Waals surface area contributed by atoms with Crippen molar-refractivity contribution in [3.8, 4) is 62.1 Å². The Kier molecular flexibility index (Phi) is 7.13. The van der Waals surface area contributed by atoms with E-state index in [2.05, 4.69) is 108 Å². The maximum Gasteiger partial charge on any atom is 0.165 e. The van der Waals surface area contributed by atoms with E-state index in [1.54, 1.807) is 17.4 Å². The van der Waals surface area contributed by atoms with Crippen molar-refractivity contribution >= 4 is 75.3 Å².